The summed E-state index contributed by atoms with van der Waals surface area (Å²) in [5.41, 5.74) is 0.680. The van der Waals surface area contributed by atoms with Gasteiger partial charge in [-0.2, -0.15) is 0 Å². The number of anilines is 1. The van der Waals surface area contributed by atoms with E-state index in [1.165, 1.54) is 29.2 Å². The third kappa shape index (κ3) is 4.65. The number of amides is 3. The Hall–Kier alpha value is -3.55. The Kier molecular flexibility index (Phi) is 6.67. The minimum atomic E-state index is -0.996. The summed E-state index contributed by atoms with van der Waals surface area (Å²) in [5, 5.41) is 11.2. The standard InChI is InChI=1S/C25H29N3O5/c1-6-25(4,5)27(23(30)18-8-7-9-20(14-18)28(32)33)21-15-22(29)26(24(21)31)19-12-10-17(11-13-19)16(2)3/h7-14,16,21H,6,15H2,1-5H3. The van der Waals surface area contributed by atoms with Gasteiger partial charge in [0.25, 0.3) is 17.5 Å². The minimum absolute atomic E-state index is 0.103. The zero-order valence-electron chi connectivity index (χ0n) is 19.6. The molecule has 2 aromatic carbocycles. The summed E-state index contributed by atoms with van der Waals surface area (Å²) in [7, 11) is 0. The van der Waals surface area contributed by atoms with E-state index in [0.29, 0.717) is 18.0 Å². The number of nitrogens with zero attached hydrogens (tertiary/aromatic N) is 3. The molecule has 0 radical (unpaired) electrons. The highest BCUT2D eigenvalue weighted by molar-refractivity contribution is 6.23. The maximum absolute atomic E-state index is 13.5. The van der Waals surface area contributed by atoms with Crippen LogP contribution in [-0.2, 0) is 9.59 Å². The molecule has 1 heterocycles. The van der Waals surface area contributed by atoms with Gasteiger partial charge in [-0.05, 0) is 49.9 Å². The summed E-state index contributed by atoms with van der Waals surface area (Å²) in [6.07, 6.45) is 0.379. The fourth-order valence-electron chi connectivity index (χ4n) is 4.00. The van der Waals surface area contributed by atoms with E-state index in [0.717, 1.165) is 10.5 Å². The molecule has 0 aromatic heterocycles. The number of nitro groups is 1. The average molecular weight is 452 g/mol. The molecule has 1 aliphatic heterocycles. The van der Waals surface area contributed by atoms with E-state index in [2.05, 4.69) is 13.8 Å². The van der Waals surface area contributed by atoms with E-state index in [1.807, 2.05) is 32.9 Å². The molecule has 2 aromatic rings. The van der Waals surface area contributed by atoms with Crippen molar-refractivity contribution >= 4 is 29.1 Å². The second kappa shape index (κ2) is 9.13. The third-order valence-electron chi connectivity index (χ3n) is 6.29. The summed E-state index contributed by atoms with van der Waals surface area (Å²) < 4.78 is 0. The van der Waals surface area contributed by atoms with Gasteiger partial charge >= 0.3 is 0 Å². The van der Waals surface area contributed by atoms with Crippen molar-refractivity contribution in [2.45, 2.75) is 65.0 Å². The summed E-state index contributed by atoms with van der Waals surface area (Å²) in [4.78, 5) is 53.1. The molecule has 174 valence electrons. The van der Waals surface area contributed by atoms with E-state index in [4.69, 9.17) is 0 Å². The first kappa shape index (κ1) is 24.1. The molecule has 0 aliphatic carbocycles. The van der Waals surface area contributed by atoms with Gasteiger partial charge in [0, 0.05) is 23.2 Å². The predicted molar refractivity (Wildman–Crippen MR) is 125 cm³/mol. The van der Waals surface area contributed by atoms with Gasteiger partial charge in [-0.1, -0.05) is 39.0 Å². The van der Waals surface area contributed by atoms with Crippen LogP contribution in [0.5, 0.6) is 0 Å². The van der Waals surface area contributed by atoms with Crippen LogP contribution in [0.15, 0.2) is 48.5 Å². The average Bonchev–Trinajstić information content (AvgIpc) is 3.07. The van der Waals surface area contributed by atoms with Gasteiger partial charge < -0.3 is 4.90 Å². The van der Waals surface area contributed by atoms with Crippen LogP contribution in [0, 0.1) is 10.1 Å². The van der Waals surface area contributed by atoms with Crippen LogP contribution in [0.2, 0.25) is 0 Å². The van der Waals surface area contributed by atoms with Crippen molar-refractivity contribution in [2.75, 3.05) is 4.90 Å². The normalized spacial score (nSPS) is 16.4. The van der Waals surface area contributed by atoms with Gasteiger partial charge in [-0.25, -0.2) is 4.90 Å². The summed E-state index contributed by atoms with van der Waals surface area (Å²) in [6.45, 7) is 9.64. The molecular weight excluding hydrogens is 422 g/mol. The predicted octanol–water partition coefficient (Wildman–Crippen LogP) is 4.68. The maximum Gasteiger partial charge on any atom is 0.270 e. The fraction of sp³-hybridized carbons (Fsp3) is 0.400. The third-order valence-corrected chi connectivity index (χ3v) is 6.29. The van der Waals surface area contributed by atoms with Crippen LogP contribution < -0.4 is 4.90 Å². The van der Waals surface area contributed by atoms with Crippen molar-refractivity contribution in [1.29, 1.82) is 0 Å². The van der Waals surface area contributed by atoms with Gasteiger partial charge in [0.2, 0.25) is 5.91 Å². The van der Waals surface area contributed by atoms with Crippen LogP contribution in [0.25, 0.3) is 0 Å². The number of non-ortho nitro benzene ring substituents is 1. The van der Waals surface area contributed by atoms with Crippen LogP contribution in [0.1, 0.15) is 69.3 Å². The molecule has 33 heavy (non-hydrogen) atoms. The van der Waals surface area contributed by atoms with Gasteiger partial charge in [0.1, 0.15) is 6.04 Å². The first-order valence-corrected chi connectivity index (χ1v) is 11.0. The number of imide groups is 1. The molecule has 3 amide bonds. The second-order valence-electron chi connectivity index (χ2n) is 9.18. The number of nitro benzene ring substituents is 1. The lowest BCUT2D eigenvalue weighted by molar-refractivity contribution is -0.384. The number of carbonyl (C=O) groups excluding carboxylic acids is 3. The molecule has 0 saturated carbocycles. The van der Waals surface area contributed by atoms with Crippen molar-refractivity contribution < 1.29 is 19.3 Å². The highest BCUT2D eigenvalue weighted by Gasteiger charge is 2.48. The zero-order valence-corrected chi connectivity index (χ0v) is 19.6. The Labute approximate surface area is 193 Å². The SMILES string of the molecule is CCC(C)(C)N(C(=O)c1cccc([N+](=O)[O-])c1)C1CC(=O)N(c2ccc(C(C)C)cc2)C1=O. The van der Waals surface area contributed by atoms with E-state index >= 15 is 0 Å². The molecule has 3 rings (SSSR count). The van der Waals surface area contributed by atoms with Gasteiger partial charge in [-0.3, -0.25) is 24.5 Å². The number of benzene rings is 2. The first-order valence-electron chi connectivity index (χ1n) is 11.0. The molecule has 1 unspecified atom stereocenters. The van der Waals surface area contributed by atoms with Crippen LogP contribution >= 0.6 is 0 Å². The van der Waals surface area contributed by atoms with Crippen LogP contribution in [0.4, 0.5) is 11.4 Å². The molecule has 1 saturated heterocycles. The fourth-order valence-corrected chi connectivity index (χ4v) is 4.00. The van der Waals surface area contributed by atoms with Crippen molar-refractivity contribution in [3.8, 4) is 0 Å². The molecule has 0 spiro atoms. The zero-order chi connectivity index (χ0) is 24.5. The lowest BCUT2D eigenvalue weighted by Gasteiger charge is -2.41. The molecule has 1 aliphatic rings. The number of hydrogen-bond acceptors (Lipinski definition) is 5. The van der Waals surface area contributed by atoms with Crippen LogP contribution in [0.3, 0.4) is 0 Å². The van der Waals surface area contributed by atoms with E-state index in [-0.39, 0.29) is 23.6 Å². The number of carbonyl (C=O) groups is 3. The first-order chi connectivity index (χ1) is 15.5. The Bertz CT molecular complexity index is 1090. The maximum atomic E-state index is 13.5. The Morgan fingerprint density at radius 2 is 1.82 bits per heavy atom. The molecule has 1 atom stereocenters. The van der Waals surface area contributed by atoms with Crippen LogP contribution in [-0.4, -0.2) is 39.1 Å². The van der Waals surface area contributed by atoms with Gasteiger partial charge in [-0.15, -0.1) is 0 Å². The smallest absolute Gasteiger partial charge is 0.270 e. The Morgan fingerprint density at radius 1 is 1.18 bits per heavy atom. The minimum Gasteiger partial charge on any atom is -0.321 e. The van der Waals surface area contributed by atoms with E-state index < -0.39 is 28.3 Å². The monoisotopic (exact) mass is 451 g/mol. The molecule has 0 N–H and O–H groups in total. The van der Waals surface area contributed by atoms with Crippen molar-refractivity contribution in [1.82, 2.24) is 4.90 Å². The second-order valence-corrected chi connectivity index (χ2v) is 9.18. The summed E-state index contributed by atoms with van der Waals surface area (Å²) in [6, 6.07) is 11.7. The molecular formula is C25H29N3O5. The highest BCUT2D eigenvalue weighted by Crippen LogP contribution is 2.33. The molecule has 8 heteroatoms. The van der Waals surface area contributed by atoms with E-state index in [1.54, 1.807) is 12.1 Å². The topological polar surface area (TPSA) is 101 Å². The van der Waals surface area contributed by atoms with Crippen molar-refractivity contribution in [2.24, 2.45) is 0 Å². The molecule has 1 fully saturated rings. The summed E-state index contributed by atoms with van der Waals surface area (Å²) in [5.74, 6) is -1.07. The lowest BCUT2D eigenvalue weighted by Crippen LogP contribution is -2.55. The Morgan fingerprint density at radius 3 is 2.36 bits per heavy atom. The summed E-state index contributed by atoms with van der Waals surface area (Å²) >= 11 is 0. The van der Waals surface area contributed by atoms with Crippen molar-refractivity contribution in [3.05, 3.63) is 69.8 Å². The molecule has 0 bridgehead atoms. The molecule has 8 nitrogen and oxygen atoms in total. The number of hydrogen-bond donors (Lipinski definition) is 0. The highest BCUT2D eigenvalue weighted by atomic mass is 16.6. The number of rotatable bonds is 7. The van der Waals surface area contributed by atoms with E-state index in [9.17, 15) is 24.5 Å². The largest absolute Gasteiger partial charge is 0.321 e. The van der Waals surface area contributed by atoms with Gasteiger partial charge in [0.15, 0.2) is 0 Å². The van der Waals surface area contributed by atoms with Gasteiger partial charge in [0.05, 0.1) is 17.0 Å². The lowest BCUT2D eigenvalue weighted by atomic mass is 9.94. The Balaban J connectivity index is 1.99. The van der Waals surface area contributed by atoms with Crippen molar-refractivity contribution in [3.63, 3.8) is 0 Å². The quantitative estimate of drug-likeness (QED) is 0.346.